The number of nitrogens with two attached hydrogens (primary N) is 1. The van der Waals surface area contributed by atoms with Crippen LogP contribution in [0.4, 0.5) is 0 Å². The number of hydrogen-bond acceptors (Lipinski definition) is 2. The monoisotopic (exact) mass is 184 g/mol. The Balaban J connectivity index is 3.18. The number of benzene rings is 1. The summed E-state index contributed by atoms with van der Waals surface area (Å²) in [6.45, 7) is 0. The van der Waals surface area contributed by atoms with Gasteiger partial charge >= 0.3 is 0 Å². The van der Waals surface area contributed by atoms with E-state index in [4.69, 9.17) is 22.4 Å². The van der Waals surface area contributed by atoms with E-state index in [0.717, 1.165) is 0 Å². The summed E-state index contributed by atoms with van der Waals surface area (Å²) in [4.78, 5) is 3.78. The second-order valence-corrected chi connectivity index (χ2v) is 2.68. The Morgan fingerprint density at radius 3 is 2.75 bits per heavy atom. The molecule has 0 heterocycles. The zero-order chi connectivity index (χ0) is 9.14. The van der Waals surface area contributed by atoms with Gasteiger partial charge in [-0.1, -0.05) is 11.6 Å². The summed E-state index contributed by atoms with van der Waals surface area (Å²) in [7, 11) is 1.58. The minimum Gasteiger partial charge on any atom is -0.508 e. The summed E-state index contributed by atoms with van der Waals surface area (Å²) in [6.07, 6.45) is 0. The molecule has 0 atom stereocenters. The van der Waals surface area contributed by atoms with Gasteiger partial charge < -0.3 is 10.8 Å². The molecule has 64 valence electrons. The van der Waals surface area contributed by atoms with E-state index in [2.05, 4.69) is 4.99 Å². The highest BCUT2D eigenvalue weighted by Crippen LogP contribution is 2.20. The second kappa shape index (κ2) is 3.45. The van der Waals surface area contributed by atoms with Gasteiger partial charge in [0, 0.05) is 12.6 Å². The molecule has 3 nitrogen and oxygen atoms in total. The third-order valence-electron chi connectivity index (χ3n) is 1.47. The topological polar surface area (TPSA) is 58.6 Å². The lowest BCUT2D eigenvalue weighted by atomic mass is 10.2. The van der Waals surface area contributed by atoms with Crippen molar-refractivity contribution in [2.75, 3.05) is 7.05 Å². The van der Waals surface area contributed by atoms with Gasteiger partial charge in [0.1, 0.15) is 11.6 Å². The molecule has 0 aliphatic heterocycles. The Morgan fingerprint density at radius 2 is 2.25 bits per heavy atom. The molecular weight excluding hydrogens is 176 g/mol. The van der Waals surface area contributed by atoms with Gasteiger partial charge in [-0.05, 0) is 18.2 Å². The highest BCUT2D eigenvalue weighted by atomic mass is 35.5. The molecule has 0 radical (unpaired) electrons. The standard InChI is InChI=1S/C8H9ClN2O/c1-11-8(10)6-3-2-5(12)4-7(6)9/h2-4,12H,1H3,(H2,10,11). The fourth-order valence-corrected chi connectivity index (χ4v) is 1.10. The van der Waals surface area contributed by atoms with E-state index in [-0.39, 0.29) is 5.75 Å². The Hall–Kier alpha value is -1.22. The predicted octanol–water partition coefficient (Wildman–Crippen LogP) is 1.38. The molecule has 12 heavy (non-hydrogen) atoms. The maximum Gasteiger partial charge on any atom is 0.126 e. The molecule has 0 aliphatic rings. The highest BCUT2D eigenvalue weighted by molar-refractivity contribution is 6.34. The van der Waals surface area contributed by atoms with Gasteiger partial charge in [-0.25, -0.2) is 0 Å². The fraction of sp³-hybridized carbons (Fsp3) is 0.125. The Labute approximate surface area is 75.5 Å². The molecule has 1 rings (SSSR count). The van der Waals surface area contributed by atoms with Crippen LogP contribution in [0.25, 0.3) is 0 Å². The Morgan fingerprint density at radius 1 is 1.58 bits per heavy atom. The minimum atomic E-state index is 0.118. The first kappa shape index (κ1) is 8.87. The summed E-state index contributed by atoms with van der Waals surface area (Å²) in [5.41, 5.74) is 6.17. The third kappa shape index (κ3) is 1.68. The molecule has 0 aliphatic carbocycles. The SMILES string of the molecule is CN=C(N)c1ccc(O)cc1Cl. The zero-order valence-electron chi connectivity index (χ0n) is 6.58. The maximum atomic E-state index is 9.03. The first-order valence-electron chi connectivity index (χ1n) is 3.36. The molecule has 0 bridgehead atoms. The quantitative estimate of drug-likeness (QED) is 0.512. The van der Waals surface area contributed by atoms with Crippen molar-refractivity contribution in [3.63, 3.8) is 0 Å². The van der Waals surface area contributed by atoms with Crippen molar-refractivity contribution < 1.29 is 5.11 Å². The second-order valence-electron chi connectivity index (χ2n) is 2.27. The van der Waals surface area contributed by atoms with E-state index in [9.17, 15) is 0 Å². The number of amidine groups is 1. The molecule has 0 amide bonds. The lowest BCUT2D eigenvalue weighted by Gasteiger charge is -2.02. The van der Waals surface area contributed by atoms with Crippen molar-refractivity contribution in [2.24, 2.45) is 10.7 Å². The summed E-state index contributed by atoms with van der Waals surface area (Å²) >= 11 is 5.78. The average Bonchev–Trinajstić information content (AvgIpc) is 2.03. The molecule has 1 aromatic carbocycles. The lowest BCUT2D eigenvalue weighted by molar-refractivity contribution is 0.475. The van der Waals surface area contributed by atoms with Crippen LogP contribution < -0.4 is 5.73 Å². The molecule has 0 spiro atoms. The van der Waals surface area contributed by atoms with E-state index >= 15 is 0 Å². The van der Waals surface area contributed by atoms with Crippen molar-refractivity contribution in [1.29, 1.82) is 0 Å². The average molecular weight is 185 g/mol. The van der Waals surface area contributed by atoms with Crippen molar-refractivity contribution in [3.05, 3.63) is 28.8 Å². The van der Waals surface area contributed by atoms with Crippen LogP contribution in [0, 0.1) is 0 Å². The molecule has 0 saturated heterocycles. The highest BCUT2D eigenvalue weighted by Gasteiger charge is 2.03. The van der Waals surface area contributed by atoms with Crippen LogP contribution in [0.2, 0.25) is 5.02 Å². The molecule has 0 fully saturated rings. The van der Waals surface area contributed by atoms with Crippen molar-refractivity contribution in [3.8, 4) is 5.75 Å². The van der Waals surface area contributed by atoms with Gasteiger partial charge in [0.25, 0.3) is 0 Å². The number of halogens is 1. The molecular formula is C8H9ClN2O. The van der Waals surface area contributed by atoms with Crippen molar-refractivity contribution >= 4 is 17.4 Å². The maximum absolute atomic E-state index is 9.03. The first-order chi connectivity index (χ1) is 5.65. The third-order valence-corrected chi connectivity index (χ3v) is 1.78. The number of nitrogens with zero attached hydrogens (tertiary/aromatic N) is 1. The van der Waals surface area contributed by atoms with Gasteiger partial charge in [0.05, 0.1) is 5.02 Å². The number of hydrogen-bond donors (Lipinski definition) is 2. The predicted molar refractivity (Wildman–Crippen MR) is 49.8 cm³/mol. The smallest absolute Gasteiger partial charge is 0.126 e. The number of phenols is 1. The van der Waals surface area contributed by atoms with E-state index in [0.29, 0.717) is 16.4 Å². The van der Waals surface area contributed by atoms with Crippen LogP contribution >= 0.6 is 11.6 Å². The Kier molecular flexibility index (Phi) is 2.55. The number of aromatic hydroxyl groups is 1. The van der Waals surface area contributed by atoms with Crippen LogP contribution in [0.15, 0.2) is 23.2 Å². The number of phenolic OH excluding ortho intramolecular Hbond substituents is 1. The van der Waals surface area contributed by atoms with Gasteiger partial charge in [-0.2, -0.15) is 0 Å². The number of rotatable bonds is 1. The number of aliphatic imine (C=N–C) groups is 1. The van der Waals surface area contributed by atoms with Gasteiger partial charge in [0.2, 0.25) is 0 Å². The normalized spacial score (nSPS) is 11.7. The van der Waals surface area contributed by atoms with E-state index in [1.807, 2.05) is 0 Å². The molecule has 1 aromatic rings. The fourth-order valence-electron chi connectivity index (χ4n) is 0.832. The largest absolute Gasteiger partial charge is 0.508 e. The van der Waals surface area contributed by atoms with Crippen LogP contribution in [-0.2, 0) is 0 Å². The summed E-state index contributed by atoms with van der Waals surface area (Å²) in [5, 5.41) is 9.43. The summed E-state index contributed by atoms with van der Waals surface area (Å²) < 4.78 is 0. The zero-order valence-corrected chi connectivity index (χ0v) is 7.34. The minimum absolute atomic E-state index is 0.118. The summed E-state index contributed by atoms with van der Waals surface area (Å²) in [6, 6.07) is 4.56. The van der Waals surface area contributed by atoms with Gasteiger partial charge in [-0.15, -0.1) is 0 Å². The van der Waals surface area contributed by atoms with Crippen molar-refractivity contribution in [2.45, 2.75) is 0 Å². The van der Waals surface area contributed by atoms with Crippen LogP contribution in [0.1, 0.15) is 5.56 Å². The van der Waals surface area contributed by atoms with E-state index in [1.54, 1.807) is 13.1 Å². The van der Waals surface area contributed by atoms with Gasteiger partial charge in [0.15, 0.2) is 0 Å². The van der Waals surface area contributed by atoms with Gasteiger partial charge in [-0.3, -0.25) is 4.99 Å². The lowest BCUT2D eigenvalue weighted by Crippen LogP contribution is -2.13. The van der Waals surface area contributed by atoms with E-state index in [1.165, 1.54) is 12.1 Å². The van der Waals surface area contributed by atoms with Crippen LogP contribution in [-0.4, -0.2) is 18.0 Å². The molecule has 3 N–H and O–H groups in total. The first-order valence-corrected chi connectivity index (χ1v) is 3.74. The molecule has 0 aromatic heterocycles. The molecule has 4 heteroatoms. The summed E-state index contributed by atoms with van der Waals surface area (Å²) in [5.74, 6) is 0.479. The molecule has 0 unspecified atom stereocenters. The van der Waals surface area contributed by atoms with Crippen molar-refractivity contribution in [1.82, 2.24) is 0 Å². The van der Waals surface area contributed by atoms with Crippen LogP contribution in [0.5, 0.6) is 5.75 Å². The molecule has 0 saturated carbocycles. The van der Waals surface area contributed by atoms with Crippen LogP contribution in [0.3, 0.4) is 0 Å². The van der Waals surface area contributed by atoms with E-state index < -0.39 is 0 Å². The Bertz CT molecular complexity index is 323.